The molecule has 4 rings (SSSR count). The highest BCUT2D eigenvalue weighted by molar-refractivity contribution is 6.03. The van der Waals surface area contributed by atoms with Crippen LogP contribution in [0.3, 0.4) is 0 Å². The summed E-state index contributed by atoms with van der Waals surface area (Å²) in [6, 6.07) is 13.7. The maximum Gasteiger partial charge on any atom is 0.322 e. The lowest BCUT2D eigenvalue weighted by Gasteiger charge is -2.24. The van der Waals surface area contributed by atoms with E-state index in [0.717, 1.165) is 24.0 Å². The van der Waals surface area contributed by atoms with Crippen molar-refractivity contribution in [2.75, 3.05) is 6.54 Å². The Kier molecular flexibility index (Phi) is 5.99. The number of fused-ring (bicyclic) bond motifs is 1. The Hall–Kier alpha value is -3.61. The van der Waals surface area contributed by atoms with Crippen LogP contribution in [0.4, 0.5) is 0 Å². The van der Waals surface area contributed by atoms with Gasteiger partial charge in [-0.25, -0.2) is 0 Å². The van der Waals surface area contributed by atoms with E-state index in [2.05, 4.69) is 17.4 Å². The zero-order chi connectivity index (χ0) is 22.8. The number of aryl methyl sites for hydroxylation is 1. The van der Waals surface area contributed by atoms with E-state index in [0.29, 0.717) is 16.8 Å². The van der Waals surface area contributed by atoms with Crippen molar-refractivity contribution in [3.8, 4) is 16.9 Å². The molecule has 2 aromatic carbocycles. The molecule has 32 heavy (non-hydrogen) atoms. The standard InChI is InChI=1S/C25H26N2O5/c1-27-20-12-11-16(18-10-6-5-9-17(18)15-7-3-2-4-8-15)13-19(20)23(30)22(25(27)32)24(31)26-14-21(28)29/h5-6,9-13,15,30H,2-4,7-8,14H2,1H3,(H,26,31)(H,28,29). The molecular weight excluding hydrogens is 408 g/mol. The van der Waals surface area contributed by atoms with Crippen molar-refractivity contribution in [3.05, 3.63) is 63.9 Å². The van der Waals surface area contributed by atoms with Crippen LogP contribution in [-0.4, -0.2) is 33.2 Å². The van der Waals surface area contributed by atoms with E-state index >= 15 is 0 Å². The van der Waals surface area contributed by atoms with Gasteiger partial charge < -0.3 is 20.1 Å². The molecule has 0 aliphatic heterocycles. The summed E-state index contributed by atoms with van der Waals surface area (Å²) < 4.78 is 1.29. The molecule has 0 bridgehead atoms. The van der Waals surface area contributed by atoms with E-state index in [1.54, 1.807) is 12.1 Å². The number of aliphatic carboxylic acids is 1. The maximum atomic E-state index is 12.7. The van der Waals surface area contributed by atoms with Gasteiger partial charge in [0, 0.05) is 12.4 Å². The molecule has 0 atom stereocenters. The molecule has 0 radical (unpaired) electrons. The van der Waals surface area contributed by atoms with Gasteiger partial charge in [0.2, 0.25) is 0 Å². The van der Waals surface area contributed by atoms with Crippen LogP contribution >= 0.6 is 0 Å². The van der Waals surface area contributed by atoms with Gasteiger partial charge >= 0.3 is 5.97 Å². The predicted octanol–water partition coefficient (Wildman–Crippen LogP) is 3.77. The first-order valence-electron chi connectivity index (χ1n) is 10.8. The van der Waals surface area contributed by atoms with Crippen LogP contribution in [-0.2, 0) is 11.8 Å². The lowest BCUT2D eigenvalue weighted by Crippen LogP contribution is -2.35. The van der Waals surface area contributed by atoms with Crippen LogP contribution in [0, 0.1) is 0 Å². The molecule has 7 heteroatoms. The van der Waals surface area contributed by atoms with Crippen molar-refractivity contribution in [1.29, 1.82) is 0 Å². The number of aromatic nitrogens is 1. The lowest BCUT2D eigenvalue weighted by atomic mass is 9.81. The van der Waals surface area contributed by atoms with Gasteiger partial charge in [0.15, 0.2) is 0 Å². The lowest BCUT2D eigenvalue weighted by molar-refractivity contribution is -0.135. The first kappa shape index (κ1) is 21.6. The van der Waals surface area contributed by atoms with Crippen molar-refractivity contribution in [3.63, 3.8) is 0 Å². The first-order valence-corrected chi connectivity index (χ1v) is 10.8. The van der Waals surface area contributed by atoms with Crippen LogP contribution in [0.25, 0.3) is 22.0 Å². The third-order valence-electron chi connectivity index (χ3n) is 6.31. The molecule has 3 aromatic rings. The Labute approximate surface area is 185 Å². The number of carbonyl (C=O) groups excluding carboxylic acids is 1. The molecule has 1 saturated carbocycles. The SMILES string of the molecule is Cn1c(=O)c(C(=O)NCC(=O)O)c(O)c2cc(-c3ccccc3C3CCCCC3)ccc21. The fourth-order valence-corrected chi connectivity index (χ4v) is 4.68. The zero-order valence-electron chi connectivity index (χ0n) is 17.9. The number of carboxylic acids is 1. The highest BCUT2D eigenvalue weighted by atomic mass is 16.4. The van der Waals surface area contributed by atoms with Gasteiger partial charge in [-0.05, 0) is 47.6 Å². The highest BCUT2D eigenvalue weighted by Crippen LogP contribution is 2.39. The van der Waals surface area contributed by atoms with E-state index in [1.165, 1.54) is 36.4 Å². The van der Waals surface area contributed by atoms with Crippen molar-refractivity contribution < 1.29 is 19.8 Å². The van der Waals surface area contributed by atoms with E-state index in [-0.39, 0.29) is 0 Å². The van der Waals surface area contributed by atoms with Crippen molar-refractivity contribution in [2.24, 2.45) is 7.05 Å². The smallest absolute Gasteiger partial charge is 0.322 e. The van der Waals surface area contributed by atoms with Crippen molar-refractivity contribution in [1.82, 2.24) is 9.88 Å². The molecule has 3 N–H and O–H groups in total. The number of aromatic hydroxyl groups is 1. The fourth-order valence-electron chi connectivity index (χ4n) is 4.68. The van der Waals surface area contributed by atoms with Gasteiger partial charge in [-0.2, -0.15) is 0 Å². The number of hydrogen-bond donors (Lipinski definition) is 3. The molecular formula is C25H26N2O5. The normalized spacial score (nSPS) is 14.4. The number of rotatable bonds is 5. The highest BCUT2D eigenvalue weighted by Gasteiger charge is 2.23. The third kappa shape index (κ3) is 3.98. The molecule has 7 nitrogen and oxygen atoms in total. The minimum absolute atomic E-state index is 0.364. The monoisotopic (exact) mass is 434 g/mol. The summed E-state index contributed by atoms with van der Waals surface area (Å²) in [5.41, 5.74) is 2.58. The van der Waals surface area contributed by atoms with Crippen molar-refractivity contribution in [2.45, 2.75) is 38.0 Å². The molecule has 0 unspecified atom stereocenters. The number of amides is 1. The summed E-state index contributed by atoms with van der Waals surface area (Å²) >= 11 is 0. The van der Waals surface area contributed by atoms with Crippen LogP contribution in [0.2, 0.25) is 0 Å². The van der Waals surface area contributed by atoms with Gasteiger partial charge in [-0.3, -0.25) is 14.4 Å². The molecule has 1 heterocycles. The van der Waals surface area contributed by atoms with Gasteiger partial charge in [-0.1, -0.05) is 49.6 Å². The van der Waals surface area contributed by atoms with Crippen LogP contribution < -0.4 is 10.9 Å². The fraction of sp³-hybridized carbons (Fsp3) is 0.320. The third-order valence-corrected chi connectivity index (χ3v) is 6.31. The second kappa shape index (κ2) is 8.86. The molecule has 1 amide bonds. The molecule has 0 spiro atoms. The molecule has 1 fully saturated rings. The predicted molar refractivity (Wildman–Crippen MR) is 122 cm³/mol. The topological polar surface area (TPSA) is 109 Å². The molecule has 0 saturated heterocycles. The van der Waals surface area contributed by atoms with Crippen LogP contribution in [0.5, 0.6) is 5.75 Å². The number of carbonyl (C=O) groups is 2. The summed E-state index contributed by atoms with van der Waals surface area (Å²) in [7, 11) is 1.52. The Balaban J connectivity index is 1.84. The summed E-state index contributed by atoms with van der Waals surface area (Å²) in [5, 5.41) is 22.2. The summed E-state index contributed by atoms with van der Waals surface area (Å²) in [6.45, 7) is -0.645. The van der Waals surface area contributed by atoms with Crippen LogP contribution in [0.15, 0.2) is 47.3 Å². The maximum absolute atomic E-state index is 12.7. The number of carboxylic acid groups (broad SMARTS) is 1. The zero-order valence-corrected chi connectivity index (χ0v) is 17.9. The Morgan fingerprint density at radius 1 is 1.09 bits per heavy atom. The average Bonchev–Trinajstić information content (AvgIpc) is 2.81. The second-order valence-corrected chi connectivity index (χ2v) is 8.32. The molecule has 166 valence electrons. The largest absolute Gasteiger partial charge is 0.506 e. The number of nitrogens with one attached hydrogen (secondary N) is 1. The number of benzene rings is 2. The van der Waals surface area contributed by atoms with E-state index in [9.17, 15) is 19.5 Å². The number of pyridine rings is 1. The van der Waals surface area contributed by atoms with Gasteiger partial charge in [0.05, 0.1) is 5.52 Å². The van der Waals surface area contributed by atoms with Crippen LogP contribution in [0.1, 0.15) is 53.9 Å². The molecule has 1 aliphatic rings. The average molecular weight is 434 g/mol. The summed E-state index contributed by atoms with van der Waals surface area (Å²) in [5.74, 6) is -2.11. The van der Waals surface area contributed by atoms with Crippen molar-refractivity contribution >= 4 is 22.8 Å². The Morgan fingerprint density at radius 2 is 1.81 bits per heavy atom. The number of nitrogens with zero attached hydrogens (tertiary/aromatic N) is 1. The minimum atomic E-state index is -1.24. The quantitative estimate of drug-likeness (QED) is 0.566. The van der Waals surface area contributed by atoms with Gasteiger partial charge in [0.25, 0.3) is 11.5 Å². The van der Waals surface area contributed by atoms with Gasteiger partial charge in [0.1, 0.15) is 17.9 Å². The number of hydrogen-bond acceptors (Lipinski definition) is 4. The Morgan fingerprint density at radius 3 is 2.53 bits per heavy atom. The van der Waals surface area contributed by atoms with E-state index < -0.39 is 35.3 Å². The van der Waals surface area contributed by atoms with E-state index in [1.807, 2.05) is 18.2 Å². The van der Waals surface area contributed by atoms with Gasteiger partial charge in [-0.15, -0.1) is 0 Å². The second-order valence-electron chi connectivity index (χ2n) is 8.32. The minimum Gasteiger partial charge on any atom is -0.506 e. The summed E-state index contributed by atoms with van der Waals surface area (Å²) in [6.07, 6.45) is 6.00. The van der Waals surface area contributed by atoms with E-state index in [4.69, 9.17) is 5.11 Å². The summed E-state index contributed by atoms with van der Waals surface area (Å²) in [4.78, 5) is 35.9. The Bertz CT molecular complexity index is 1260. The molecule has 1 aliphatic carbocycles. The molecule has 1 aromatic heterocycles. The first-order chi connectivity index (χ1) is 15.4.